The maximum absolute atomic E-state index is 3.45. The van der Waals surface area contributed by atoms with Crippen LogP contribution in [0.25, 0.3) is 0 Å². The van der Waals surface area contributed by atoms with Gasteiger partial charge in [0.05, 0.1) is 0 Å². The second kappa shape index (κ2) is 6.75. The smallest absolute Gasteiger partial charge is 0.0111 e. The van der Waals surface area contributed by atoms with E-state index in [1.54, 1.807) is 0 Å². The van der Waals surface area contributed by atoms with Crippen molar-refractivity contribution in [2.75, 3.05) is 20.1 Å². The molecule has 0 amide bonds. The lowest BCUT2D eigenvalue weighted by molar-refractivity contribution is 0.201. The van der Waals surface area contributed by atoms with Crippen molar-refractivity contribution < 1.29 is 0 Å². The number of likely N-dealkylation sites (tertiary alicyclic amines) is 1. The molecule has 1 saturated carbocycles. The standard InChI is InChI=1S/C15H30N2/c1-3-5-13-6-4-10-17(11-9-13)15-8-7-14(12-15)16-2/h13-16H,3-12H2,1-2H3. The zero-order chi connectivity index (χ0) is 12.1. The van der Waals surface area contributed by atoms with E-state index in [1.165, 1.54) is 64.5 Å². The highest BCUT2D eigenvalue weighted by Gasteiger charge is 2.29. The SMILES string of the molecule is CCCC1CCCN(C2CCC(NC)C2)CC1. The molecule has 3 unspecified atom stereocenters. The van der Waals surface area contributed by atoms with Crippen molar-refractivity contribution in [2.45, 2.75) is 70.4 Å². The van der Waals surface area contributed by atoms with E-state index < -0.39 is 0 Å². The third-order valence-electron chi connectivity index (χ3n) is 4.91. The van der Waals surface area contributed by atoms with Gasteiger partial charge < -0.3 is 10.2 Å². The summed E-state index contributed by atoms with van der Waals surface area (Å²) in [5.41, 5.74) is 0. The van der Waals surface area contributed by atoms with E-state index in [9.17, 15) is 0 Å². The van der Waals surface area contributed by atoms with E-state index in [0.717, 1.165) is 18.0 Å². The zero-order valence-corrected chi connectivity index (χ0v) is 11.8. The average Bonchev–Trinajstić information content (AvgIpc) is 2.70. The Kier molecular flexibility index (Phi) is 5.30. The molecule has 2 aliphatic rings. The summed E-state index contributed by atoms with van der Waals surface area (Å²) in [6.45, 7) is 5.06. The van der Waals surface area contributed by atoms with Crippen LogP contribution in [0.15, 0.2) is 0 Å². The fourth-order valence-corrected chi connectivity index (χ4v) is 3.80. The summed E-state index contributed by atoms with van der Waals surface area (Å²) < 4.78 is 0. The third kappa shape index (κ3) is 3.69. The van der Waals surface area contributed by atoms with Crippen molar-refractivity contribution in [1.29, 1.82) is 0 Å². The first-order chi connectivity index (χ1) is 8.33. The lowest BCUT2D eigenvalue weighted by atomic mass is 9.96. The van der Waals surface area contributed by atoms with Gasteiger partial charge in [-0.2, -0.15) is 0 Å². The van der Waals surface area contributed by atoms with E-state index in [2.05, 4.69) is 24.2 Å². The van der Waals surface area contributed by atoms with Gasteiger partial charge in [-0.3, -0.25) is 0 Å². The Morgan fingerprint density at radius 1 is 1.12 bits per heavy atom. The molecule has 0 spiro atoms. The van der Waals surface area contributed by atoms with E-state index in [0.29, 0.717) is 0 Å². The minimum atomic E-state index is 0.787. The topological polar surface area (TPSA) is 15.3 Å². The molecular formula is C15H30N2. The van der Waals surface area contributed by atoms with Gasteiger partial charge in [-0.1, -0.05) is 19.8 Å². The van der Waals surface area contributed by atoms with Crippen LogP contribution in [0.3, 0.4) is 0 Å². The van der Waals surface area contributed by atoms with E-state index in [-0.39, 0.29) is 0 Å². The van der Waals surface area contributed by atoms with Crippen LogP contribution in [-0.2, 0) is 0 Å². The minimum absolute atomic E-state index is 0.787. The van der Waals surface area contributed by atoms with E-state index in [1.807, 2.05) is 0 Å². The molecule has 0 aromatic rings. The van der Waals surface area contributed by atoms with Crippen molar-refractivity contribution in [3.63, 3.8) is 0 Å². The lowest BCUT2D eigenvalue weighted by Crippen LogP contribution is -2.35. The number of nitrogens with one attached hydrogen (secondary N) is 1. The molecule has 2 nitrogen and oxygen atoms in total. The van der Waals surface area contributed by atoms with Crippen molar-refractivity contribution in [3.05, 3.63) is 0 Å². The predicted octanol–water partition coefficient (Wildman–Crippen LogP) is 3.03. The first-order valence-electron chi connectivity index (χ1n) is 7.74. The zero-order valence-electron chi connectivity index (χ0n) is 11.8. The van der Waals surface area contributed by atoms with Crippen LogP contribution in [0.2, 0.25) is 0 Å². The molecular weight excluding hydrogens is 208 g/mol. The van der Waals surface area contributed by atoms with Crippen LogP contribution in [0, 0.1) is 5.92 Å². The Labute approximate surface area is 107 Å². The Bertz CT molecular complexity index is 217. The number of nitrogens with zero attached hydrogens (tertiary/aromatic N) is 1. The summed E-state index contributed by atoms with van der Waals surface area (Å²) in [6, 6.07) is 1.67. The van der Waals surface area contributed by atoms with Gasteiger partial charge in [-0.25, -0.2) is 0 Å². The predicted molar refractivity (Wildman–Crippen MR) is 74.3 cm³/mol. The summed E-state index contributed by atoms with van der Waals surface area (Å²) in [6.07, 6.45) is 11.4. The Morgan fingerprint density at radius 2 is 2.00 bits per heavy atom. The number of rotatable bonds is 4. The molecule has 1 saturated heterocycles. The molecule has 1 aliphatic heterocycles. The minimum Gasteiger partial charge on any atom is -0.317 e. The van der Waals surface area contributed by atoms with Crippen molar-refractivity contribution >= 4 is 0 Å². The maximum atomic E-state index is 3.45. The molecule has 2 fully saturated rings. The molecule has 3 atom stereocenters. The lowest BCUT2D eigenvalue weighted by Gasteiger charge is -2.27. The maximum Gasteiger partial charge on any atom is 0.0111 e. The Hall–Kier alpha value is -0.0800. The quantitative estimate of drug-likeness (QED) is 0.810. The van der Waals surface area contributed by atoms with Gasteiger partial charge in [-0.15, -0.1) is 0 Å². The molecule has 2 rings (SSSR count). The molecule has 0 aromatic heterocycles. The summed E-state index contributed by atoms with van der Waals surface area (Å²) in [5.74, 6) is 1.02. The summed E-state index contributed by atoms with van der Waals surface area (Å²) in [7, 11) is 2.12. The Balaban J connectivity index is 1.78. The first-order valence-corrected chi connectivity index (χ1v) is 7.74. The first kappa shape index (κ1) is 13.4. The highest BCUT2D eigenvalue weighted by molar-refractivity contribution is 4.87. The van der Waals surface area contributed by atoms with E-state index >= 15 is 0 Å². The molecule has 1 heterocycles. The molecule has 0 aromatic carbocycles. The fraction of sp³-hybridized carbons (Fsp3) is 1.00. The van der Waals surface area contributed by atoms with Crippen molar-refractivity contribution in [2.24, 2.45) is 5.92 Å². The van der Waals surface area contributed by atoms with Crippen molar-refractivity contribution in [1.82, 2.24) is 10.2 Å². The van der Waals surface area contributed by atoms with Crippen molar-refractivity contribution in [3.8, 4) is 0 Å². The normalized spacial score (nSPS) is 36.0. The highest BCUT2D eigenvalue weighted by atomic mass is 15.2. The summed E-state index contributed by atoms with van der Waals surface area (Å²) >= 11 is 0. The van der Waals surface area contributed by atoms with Gasteiger partial charge in [0.15, 0.2) is 0 Å². The van der Waals surface area contributed by atoms with Crippen LogP contribution < -0.4 is 5.32 Å². The second-order valence-electron chi connectivity index (χ2n) is 6.07. The van der Waals surface area contributed by atoms with Crippen LogP contribution >= 0.6 is 0 Å². The number of hydrogen-bond donors (Lipinski definition) is 1. The Morgan fingerprint density at radius 3 is 2.71 bits per heavy atom. The van der Waals surface area contributed by atoms with Crippen LogP contribution in [0.1, 0.15) is 58.3 Å². The van der Waals surface area contributed by atoms with Gasteiger partial charge in [0.25, 0.3) is 0 Å². The van der Waals surface area contributed by atoms with Crippen LogP contribution in [0.4, 0.5) is 0 Å². The molecule has 17 heavy (non-hydrogen) atoms. The van der Waals surface area contributed by atoms with Gasteiger partial charge in [0.1, 0.15) is 0 Å². The number of hydrogen-bond acceptors (Lipinski definition) is 2. The second-order valence-corrected chi connectivity index (χ2v) is 6.07. The molecule has 0 bridgehead atoms. The van der Waals surface area contributed by atoms with Gasteiger partial charge in [-0.05, 0) is 64.6 Å². The fourth-order valence-electron chi connectivity index (χ4n) is 3.80. The highest BCUT2D eigenvalue weighted by Crippen LogP contribution is 2.28. The summed E-state index contributed by atoms with van der Waals surface area (Å²) in [5, 5.41) is 3.45. The van der Waals surface area contributed by atoms with Crippen LogP contribution in [-0.4, -0.2) is 37.1 Å². The molecule has 2 heteroatoms. The van der Waals surface area contributed by atoms with E-state index in [4.69, 9.17) is 0 Å². The van der Waals surface area contributed by atoms with Gasteiger partial charge in [0.2, 0.25) is 0 Å². The molecule has 1 aliphatic carbocycles. The molecule has 0 radical (unpaired) electrons. The van der Waals surface area contributed by atoms with Gasteiger partial charge >= 0.3 is 0 Å². The largest absolute Gasteiger partial charge is 0.317 e. The average molecular weight is 238 g/mol. The summed E-state index contributed by atoms with van der Waals surface area (Å²) in [4.78, 5) is 2.80. The molecule has 1 N–H and O–H groups in total. The monoisotopic (exact) mass is 238 g/mol. The van der Waals surface area contributed by atoms with Crippen LogP contribution in [0.5, 0.6) is 0 Å². The van der Waals surface area contributed by atoms with Gasteiger partial charge in [0, 0.05) is 12.1 Å². The molecule has 100 valence electrons. The third-order valence-corrected chi connectivity index (χ3v) is 4.91.